The topological polar surface area (TPSA) is 118 Å². The molecule has 1 aliphatic heterocycles. The number of fused-ring (bicyclic) bond motifs is 1. The molecule has 1 aliphatic rings. The molecule has 0 bridgehead atoms. The Labute approximate surface area is 219 Å². The number of hydrogen-bond acceptors (Lipinski definition) is 6. The van der Waals surface area contributed by atoms with Crippen molar-refractivity contribution in [1.29, 1.82) is 0 Å². The number of aromatic hydroxyl groups is 1. The Kier molecular flexibility index (Phi) is 8.87. The number of phenolic OH excluding ortho intramolecular Hbond substituents is 1. The highest BCUT2D eigenvalue weighted by molar-refractivity contribution is 6.34. The van der Waals surface area contributed by atoms with Gasteiger partial charge in [-0.05, 0) is 67.4 Å². The second kappa shape index (κ2) is 12.1. The molecule has 36 heavy (non-hydrogen) atoms. The lowest BCUT2D eigenvalue weighted by Crippen LogP contribution is -2.44. The summed E-state index contributed by atoms with van der Waals surface area (Å²) in [5.74, 6) is -0.0431. The number of pyridine rings is 1. The van der Waals surface area contributed by atoms with Gasteiger partial charge in [0.25, 0.3) is 0 Å². The maximum atomic E-state index is 12.3. The number of aromatic amines is 1. The van der Waals surface area contributed by atoms with Gasteiger partial charge in [-0.15, -0.1) is 0 Å². The van der Waals surface area contributed by atoms with E-state index in [1.165, 1.54) is 12.1 Å². The third kappa shape index (κ3) is 6.99. The largest absolute Gasteiger partial charge is 0.506 e. The van der Waals surface area contributed by atoms with Crippen LogP contribution in [-0.2, 0) is 11.3 Å². The van der Waals surface area contributed by atoms with E-state index in [1.54, 1.807) is 30.3 Å². The van der Waals surface area contributed by atoms with Crippen LogP contribution in [0.25, 0.3) is 10.9 Å². The van der Waals surface area contributed by atoms with Crippen LogP contribution in [0.1, 0.15) is 36.5 Å². The summed E-state index contributed by atoms with van der Waals surface area (Å²) in [5, 5.41) is 28.9. The van der Waals surface area contributed by atoms with Crippen molar-refractivity contribution in [2.24, 2.45) is 0 Å². The molecule has 0 spiro atoms. The fraction of sp³-hybridized carbons (Fsp3) is 0.385. The molecule has 2 heterocycles. The monoisotopic (exact) mass is 532 g/mol. The number of nitrogens with one attached hydrogen (secondary N) is 3. The predicted octanol–water partition coefficient (Wildman–Crippen LogP) is 3.33. The molecule has 0 saturated carbocycles. The quantitative estimate of drug-likeness (QED) is 0.288. The van der Waals surface area contributed by atoms with Crippen molar-refractivity contribution < 1.29 is 15.0 Å². The van der Waals surface area contributed by atoms with E-state index in [2.05, 4.69) is 20.5 Å². The molecule has 192 valence electrons. The Hall–Kier alpha value is -2.62. The lowest BCUT2D eigenvalue weighted by atomic mass is 10.0. The maximum Gasteiger partial charge on any atom is 0.248 e. The average molecular weight is 533 g/mol. The van der Waals surface area contributed by atoms with Crippen LogP contribution in [0.15, 0.2) is 47.3 Å². The van der Waals surface area contributed by atoms with Crippen LogP contribution in [-0.4, -0.2) is 58.2 Å². The van der Waals surface area contributed by atoms with Crippen molar-refractivity contribution in [1.82, 2.24) is 20.5 Å². The molecule has 2 aromatic carbocycles. The number of amides is 1. The zero-order valence-electron chi connectivity index (χ0n) is 19.8. The van der Waals surface area contributed by atoms with Gasteiger partial charge in [0.1, 0.15) is 5.75 Å². The molecule has 3 aromatic rings. The van der Waals surface area contributed by atoms with E-state index in [9.17, 15) is 19.8 Å². The second-order valence-corrected chi connectivity index (χ2v) is 10.0. The van der Waals surface area contributed by atoms with E-state index in [-0.39, 0.29) is 23.3 Å². The fourth-order valence-corrected chi connectivity index (χ4v) is 5.13. The number of aliphatic hydroxyl groups is 1. The number of rotatable bonds is 9. The first-order valence-corrected chi connectivity index (χ1v) is 12.7. The van der Waals surface area contributed by atoms with Gasteiger partial charge in [0, 0.05) is 53.6 Å². The van der Waals surface area contributed by atoms with Crippen molar-refractivity contribution in [3.63, 3.8) is 0 Å². The SMILES string of the molecule is O=C(CCN1CCC(NC[C@H](O)c2ccc(O)c3[nH]c(=O)ccc23)CC1)NCc1cc(Cl)cc(Cl)c1. The fourth-order valence-electron chi connectivity index (χ4n) is 4.56. The maximum absolute atomic E-state index is 12.3. The molecule has 1 fully saturated rings. The van der Waals surface area contributed by atoms with Crippen molar-refractivity contribution in [3.05, 3.63) is 74.0 Å². The van der Waals surface area contributed by atoms with E-state index in [4.69, 9.17) is 23.2 Å². The smallest absolute Gasteiger partial charge is 0.248 e. The van der Waals surface area contributed by atoms with Gasteiger partial charge in [0.15, 0.2) is 0 Å². The second-order valence-electron chi connectivity index (χ2n) is 9.13. The minimum atomic E-state index is -0.782. The number of aromatic nitrogens is 1. The number of likely N-dealkylation sites (tertiary alicyclic amines) is 1. The standard InChI is InChI=1S/C26H30Cl2N4O4/c27-17-11-16(12-18(28)13-17)14-30-24(35)7-10-32-8-5-19(6-9-32)29-15-23(34)20-1-3-22(33)26-21(20)2-4-25(36)31-26/h1-4,11-13,19,23,29,33-34H,5-10,14-15H2,(H,30,35)(H,31,36)/t23-/m0/s1. The molecule has 0 aliphatic carbocycles. The van der Waals surface area contributed by atoms with Crippen LogP contribution in [0.3, 0.4) is 0 Å². The number of benzene rings is 2. The number of phenols is 1. The summed E-state index contributed by atoms with van der Waals surface area (Å²) in [6.45, 7) is 3.18. The summed E-state index contributed by atoms with van der Waals surface area (Å²) in [4.78, 5) is 28.8. The first kappa shape index (κ1) is 26.4. The number of carbonyl (C=O) groups is 1. The molecular weight excluding hydrogens is 503 g/mol. The van der Waals surface area contributed by atoms with Crippen LogP contribution >= 0.6 is 23.2 Å². The molecule has 1 atom stereocenters. The number of nitrogens with zero attached hydrogens (tertiary/aromatic N) is 1. The van der Waals surface area contributed by atoms with Crippen LogP contribution in [0.4, 0.5) is 0 Å². The van der Waals surface area contributed by atoms with Crippen molar-refractivity contribution in [2.75, 3.05) is 26.2 Å². The lowest BCUT2D eigenvalue weighted by Gasteiger charge is -2.32. The van der Waals surface area contributed by atoms with Gasteiger partial charge in [-0.1, -0.05) is 29.3 Å². The van der Waals surface area contributed by atoms with Crippen LogP contribution < -0.4 is 16.2 Å². The molecule has 5 N–H and O–H groups in total. The third-order valence-electron chi connectivity index (χ3n) is 6.52. The number of H-pyrrole nitrogens is 1. The Morgan fingerprint density at radius 3 is 2.56 bits per heavy atom. The number of piperidine rings is 1. The predicted molar refractivity (Wildman–Crippen MR) is 142 cm³/mol. The number of carbonyl (C=O) groups excluding carboxylic acids is 1. The molecule has 1 amide bonds. The Morgan fingerprint density at radius 1 is 1.11 bits per heavy atom. The molecule has 10 heteroatoms. The van der Waals surface area contributed by atoms with E-state index in [0.717, 1.165) is 31.5 Å². The van der Waals surface area contributed by atoms with Crippen molar-refractivity contribution in [2.45, 2.75) is 38.0 Å². The molecule has 8 nitrogen and oxygen atoms in total. The first-order chi connectivity index (χ1) is 17.3. The van der Waals surface area contributed by atoms with Crippen LogP contribution in [0.2, 0.25) is 10.0 Å². The zero-order valence-corrected chi connectivity index (χ0v) is 21.3. The Balaban J connectivity index is 1.18. The highest BCUT2D eigenvalue weighted by Crippen LogP contribution is 2.28. The Bertz CT molecular complexity index is 1250. The van der Waals surface area contributed by atoms with Gasteiger partial charge in [0.2, 0.25) is 11.5 Å². The molecule has 1 saturated heterocycles. The minimum Gasteiger partial charge on any atom is -0.506 e. The summed E-state index contributed by atoms with van der Waals surface area (Å²) in [5.41, 5.74) is 1.53. The zero-order chi connectivity index (χ0) is 25.7. The summed E-state index contributed by atoms with van der Waals surface area (Å²) in [6.07, 6.45) is 1.47. The molecule has 1 aromatic heterocycles. The third-order valence-corrected chi connectivity index (χ3v) is 6.96. The molecular formula is C26H30Cl2N4O4. The molecule has 0 unspecified atom stereocenters. The number of hydrogen-bond donors (Lipinski definition) is 5. The Morgan fingerprint density at radius 2 is 1.83 bits per heavy atom. The lowest BCUT2D eigenvalue weighted by molar-refractivity contribution is -0.121. The average Bonchev–Trinajstić information content (AvgIpc) is 2.85. The van der Waals surface area contributed by atoms with Crippen LogP contribution in [0, 0.1) is 0 Å². The van der Waals surface area contributed by atoms with Gasteiger partial charge < -0.3 is 30.7 Å². The van der Waals surface area contributed by atoms with E-state index in [1.807, 2.05) is 0 Å². The van der Waals surface area contributed by atoms with Crippen molar-refractivity contribution >= 4 is 40.0 Å². The molecule has 0 radical (unpaired) electrons. The van der Waals surface area contributed by atoms with Crippen molar-refractivity contribution in [3.8, 4) is 5.75 Å². The van der Waals surface area contributed by atoms with Crippen LogP contribution in [0.5, 0.6) is 5.75 Å². The number of halogens is 2. The van der Waals surface area contributed by atoms with Gasteiger partial charge in [-0.25, -0.2) is 0 Å². The summed E-state index contributed by atoms with van der Waals surface area (Å²) in [6, 6.07) is 11.7. The highest BCUT2D eigenvalue weighted by Gasteiger charge is 2.21. The summed E-state index contributed by atoms with van der Waals surface area (Å²) < 4.78 is 0. The van der Waals surface area contributed by atoms with Gasteiger partial charge in [-0.2, -0.15) is 0 Å². The highest BCUT2D eigenvalue weighted by atomic mass is 35.5. The molecule has 4 rings (SSSR count). The van der Waals surface area contributed by atoms with E-state index < -0.39 is 6.10 Å². The van der Waals surface area contributed by atoms with E-state index >= 15 is 0 Å². The summed E-state index contributed by atoms with van der Waals surface area (Å²) >= 11 is 12.0. The summed E-state index contributed by atoms with van der Waals surface area (Å²) in [7, 11) is 0. The first-order valence-electron chi connectivity index (χ1n) is 12.0. The van der Waals surface area contributed by atoms with Gasteiger partial charge >= 0.3 is 0 Å². The van der Waals surface area contributed by atoms with E-state index in [0.29, 0.717) is 52.6 Å². The number of aliphatic hydroxyl groups excluding tert-OH is 1. The van der Waals surface area contributed by atoms with Gasteiger partial charge in [0.05, 0.1) is 11.6 Å². The minimum absolute atomic E-state index is 0.0167. The van der Waals surface area contributed by atoms with Gasteiger partial charge in [-0.3, -0.25) is 9.59 Å². The normalized spacial score (nSPS) is 15.8.